The second kappa shape index (κ2) is 19.4. The summed E-state index contributed by atoms with van der Waals surface area (Å²) in [6, 6.07) is 23.4. The molecule has 1 nitrogen and oxygen atoms in total. The Morgan fingerprint density at radius 3 is 1.90 bits per heavy atom. The number of carbonyl (C=O) groups excluding carboxylic acids is 1. The first-order chi connectivity index (χ1) is 14.6. The Labute approximate surface area is 185 Å². The molecule has 3 rings (SSSR count). The third-order valence-corrected chi connectivity index (χ3v) is 3.87. The van der Waals surface area contributed by atoms with Gasteiger partial charge in [-0.15, -0.1) is 6.58 Å². The molecule has 0 amide bonds. The fourth-order valence-electron chi connectivity index (χ4n) is 2.66. The molecule has 30 heavy (non-hydrogen) atoms. The molecule has 0 aliphatic rings. The lowest BCUT2D eigenvalue weighted by molar-refractivity contribution is -0.0979. The summed E-state index contributed by atoms with van der Waals surface area (Å²) in [7, 11) is 0. The average molecular weight is 405 g/mol. The minimum absolute atomic E-state index is 0.972. The lowest BCUT2D eigenvalue weighted by Crippen LogP contribution is -1.87. The van der Waals surface area contributed by atoms with Crippen LogP contribution in [0.3, 0.4) is 0 Å². The number of carbonyl (C=O) groups is 1. The van der Waals surface area contributed by atoms with Gasteiger partial charge in [-0.05, 0) is 48.6 Å². The van der Waals surface area contributed by atoms with Crippen LogP contribution in [0.1, 0.15) is 51.3 Å². The van der Waals surface area contributed by atoms with E-state index in [1.165, 1.54) is 33.0 Å². The molecule has 0 aliphatic heterocycles. The molecule has 0 unspecified atom stereocenters. The first-order valence-corrected chi connectivity index (χ1v) is 10.7. The molecule has 0 spiro atoms. The van der Waals surface area contributed by atoms with E-state index in [9.17, 15) is 0 Å². The number of aryl methyl sites for hydroxylation is 1. The average Bonchev–Trinajstić information content (AvgIpc) is 2.80. The molecule has 162 valence electrons. The summed E-state index contributed by atoms with van der Waals surface area (Å²) in [6.07, 6.45) is 3.87. The maximum Gasteiger partial charge on any atom is 0.106 e. The first kappa shape index (κ1) is 29.3. The zero-order valence-electron chi connectivity index (χ0n) is 19.9. The molecule has 0 radical (unpaired) electrons. The SMILES string of the molecule is C=C(C)Cc1cccc2ccccc12.C=CCc1ccc(C)cc1.C=O.CC.CC. The summed E-state index contributed by atoms with van der Waals surface area (Å²) >= 11 is 0. The molecule has 0 bridgehead atoms. The molecular weight excluding hydrogens is 364 g/mol. The fourth-order valence-corrected chi connectivity index (χ4v) is 2.66. The topological polar surface area (TPSA) is 17.1 Å². The van der Waals surface area contributed by atoms with Crippen LogP contribution >= 0.6 is 0 Å². The van der Waals surface area contributed by atoms with Crippen molar-refractivity contribution in [2.45, 2.75) is 54.4 Å². The predicted octanol–water partition coefficient (Wildman–Crippen LogP) is 8.55. The summed E-state index contributed by atoms with van der Waals surface area (Å²) in [6.45, 7) is 21.8. The van der Waals surface area contributed by atoms with Crippen LogP contribution in [0.2, 0.25) is 0 Å². The van der Waals surface area contributed by atoms with Crippen molar-refractivity contribution in [1.82, 2.24) is 0 Å². The number of rotatable bonds is 4. The van der Waals surface area contributed by atoms with Crippen molar-refractivity contribution >= 4 is 17.6 Å². The molecule has 0 aliphatic carbocycles. The van der Waals surface area contributed by atoms with E-state index in [1.807, 2.05) is 40.6 Å². The van der Waals surface area contributed by atoms with Gasteiger partial charge < -0.3 is 4.79 Å². The van der Waals surface area contributed by atoms with Gasteiger partial charge in [0.2, 0.25) is 0 Å². The summed E-state index contributed by atoms with van der Waals surface area (Å²) in [5.74, 6) is 0. The third kappa shape index (κ3) is 11.8. The smallest absolute Gasteiger partial charge is 0.106 e. The minimum atomic E-state index is 0.972. The molecule has 0 saturated heterocycles. The quantitative estimate of drug-likeness (QED) is 0.398. The number of benzene rings is 3. The van der Waals surface area contributed by atoms with E-state index in [0.717, 1.165) is 12.8 Å². The van der Waals surface area contributed by atoms with E-state index in [-0.39, 0.29) is 0 Å². The van der Waals surface area contributed by atoms with Crippen molar-refractivity contribution in [3.8, 4) is 0 Å². The number of hydrogen-bond donors (Lipinski definition) is 0. The molecule has 0 fully saturated rings. The van der Waals surface area contributed by atoms with Gasteiger partial charge in [0.25, 0.3) is 0 Å². The van der Waals surface area contributed by atoms with Crippen molar-refractivity contribution in [3.63, 3.8) is 0 Å². The van der Waals surface area contributed by atoms with E-state index in [4.69, 9.17) is 4.79 Å². The lowest BCUT2D eigenvalue weighted by atomic mass is 10.00. The third-order valence-electron chi connectivity index (χ3n) is 3.87. The maximum absolute atomic E-state index is 8.00. The van der Waals surface area contributed by atoms with Crippen molar-refractivity contribution < 1.29 is 4.79 Å². The van der Waals surface area contributed by atoms with Crippen LogP contribution in [0.15, 0.2) is 91.5 Å². The van der Waals surface area contributed by atoms with E-state index in [1.54, 1.807) is 0 Å². The van der Waals surface area contributed by atoms with E-state index < -0.39 is 0 Å². The van der Waals surface area contributed by atoms with Crippen LogP contribution in [0, 0.1) is 6.92 Å². The lowest BCUT2D eigenvalue weighted by Gasteiger charge is -2.05. The molecule has 0 atom stereocenters. The molecule has 3 aromatic rings. The van der Waals surface area contributed by atoms with Gasteiger partial charge in [0.1, 0.15) is 6.79 Å². The number of fused-ring (bicyclic) bond motifs is 1. The van der Waals surface area contributed by atoms with Crippen LogP contribution < -0.4 is 0 Å². The van der Waals surface area contributed by atoms with Gasteiger partial charge in [0, 0.05) is 0 Å². The summed E-state index contributed by atoms with van der Waals surface area (Å²) in [5.41, 5.74) is 5.23. The van der Waals surface area contributed by atoms with Gasteiger partial charge in [-0.1, -0.05) is 118 Å². The normalized spacial score (nSPS) is 8.47. The van der Waals surface area contributed by atoms with E-state index in [2.05, 4.69) is 93.7 Å². The predicted molar refractivity (Wildman–Crippen MR) is 137 cm³/mol. The highest BCUT2D eigenvalue weighted by Gasteiger charge is 1.99. The Balaban J connectivity index is 0. The maximum atomic E-state index is 8.00. The van der Waals surface area contributed by atoms with Crippen LogP contribution in [0.5, 0.6) is 0 Å². The standard InChI is InChI=1S/C14H14.C10H12.2C2H6.CH2O/c1-11(2)10-13-8-5-7-12-6-3-4-9-14(12)13;1-3-4-10-7-5-9(2)6-8-10;3*1-2/h3-9H,1,10H2,2H3;3,5-8H,1,4H2,2H3;2*1-2H3;1H2. The van der Waals surface area contributed by atoms with Crippen LogP contribution in [0.25, 0.3) is 10.8 Å². The van der Waals surface area contributed by atoms with Crippen molar-refractivity contribution in [2.24, 2.45) is 0 Å². The number of allylic oxidation sites excluding steroid dienone is 2. The molecular formula is C29H40O. The van der Waals surface area contributed by atoms with Crippen LogP contribution in [0.4, 0.5) is 0 Å². The molecule has 1 heteroatoms. The molecule has 0 aromatic heterocycles. The molecule has 0 saturated carbocycles. The first-order valence-electron chi connectivity index (χ1n) is 10.7. The van der Waals surface area contributed by atoms with Gasteiger partial charge in [-0.3, -0.25) is 0 Å². The summed E-state index contributed by atoms with van der Waals surface area (Å²) in [5, 5.41) is 2.66. The van der Waals surface area contributed by atoms with Gasteiger partial charge >= 0.3 is 0 Å². The largest absolute Gasteiger partial charge is 0.307 e. The fraction of sp³-hybridized carbons (Fsp3) is 0.276. The van der Waals surface area contributed by atoms with E-state index in [0.29, 0.717) is 0 Å². The molecule has 0 heterocycles. The second-order valence-electron chi connectivity index (χ2n) is 6.25. The Kier molecular flexibility index (Phi) is 18.9. The monoisotopic (exact) mass is 404 g/mol. The Morgan fingerprint density at radius 2 is 1.37 bits per heavy atom. The summed E-state index contributed by atoms with van der Waals surface area (Å²) in [4.78, 5) is 8.00. The van der Waals surface area contributed by atoms with Crippen molar-refractivity contribution in [1.29, 1.82) is 0 Å². The Bertz CT molecular complexity index is 823. The van der Waals surface area contributed by atoms with Gasteiger partial charge in [-0.2, -0.15) is 0 Å². The minimum Gasteiger partial charge on any atom is -0.307 e. The zero-order chi connectivity index (χ0) is 23.4. The molecule has 0 N–H and O–H groups in total. The second-order valence-corrected chi connectivity index (χ2v) is 6.25. The highest BCUT2D eigenvalue weighted by molar-refractivity contribution is 5.85. The van der Waals surface area contributed by atoms with Crippen LogP contribution in [-0.2, 0) is 17.6 Å². The highest BCUT2D eigenvalue weighted by atomic mass is 16.1. The van der Waals surface area contributed by atoms with E-state index >= 15 is 0 Å². The summed E-state index contributed by atoms with van der Waals surface area (Å²) < 4.78 is 0. The van der Waals surface area contributed by atoms with Gasteiger partial charge in [-0.25, -0.2) is 0 Å². The Morgan fingerprint density at radius 1 is 0.833 bits per heavy atom. The van der Waals surface area contributed by atoms with Crippen molar-refractivity contribution in [3.05, 3.63) is 108 Å². The van der Waals surface area contributed by atoms with Gasteiger partial charge in [0.15, 0.2) is 0 Å². The highest BCUT2D eigenvalue weighted by Crippen LogP contribution is 2.20. The number of hydrogen-bond acceptors (Lipinski definition) is 1. The zero-order valence-corrected chi connectivity index (χ0v) is 19.9. The van der Waals surface area contributed by atoms with Crippen molar-refractivity contribution in [2.75, 3.05) is 0 Å². The van der Waals surface area contributed by atoms with Crippen LogP contribution in [-0.4, -0.2) is 6.79 Å². The van der Waals surface area contributed by atoms with Gasteiger partial charge in [0.05, 0.1) is 0 Å². The Hall–Kier alpha value is -2.93. The molecule has 3 aromatic carbocycles.